The van der Waals surface area contributed by atoms with E-state index in [1.165, 1.54) is 0 Å². The molecule has 0 bridgehead atoms. The molecule has 0 aliphatic carbocycles. The standard InChI is InChI=1S/C12H17N3O2/c1-15(10-2-6-14-7-3-10)11(16)12(13)4-8-17-9-5-12/h2-3,6-7H,4-5,8-9,13H2,1H3. The largest absolute Gasteiger partial charge is 0.381 e. The molecule has 0 unspecified atom stereocenters. The number of anilines is 1. The zero-order valence-electron chi connectivity index (χ0n) is 9.93. The molecule has 0 atom stereocenters. The van der Waals surface area contributed by atoms with Crippen molar-refractivity contribution in [2.75, 3.05) is 25.2 Å². The van der Waals surface area contributed by atoms with Crippen LogP contribution in [0, 0.1) is 0 Å². The van der Waals surface area contributed by atoms with Gasteiger partial charge in [-0.15, -0.1) is 0 Å². The number of nitrogens with zero attached hydrogens (tertiary/aromatic N) is 2. The molecule has 1 aliphatic rings. The summed E-state index contributed by atoms with van der Waals surface area (Å²) in [5, 5.41) is 0. The number of rotatable bonds is 2. The fraction of sp³-hybridized carbons (Fsp3) is 0.500. The SMILES string of the molecule is CN(C(=O)C1(N)CCOCC1)c1ccncc1. The Kier molecular flexibility index (Phi) is 3.40. The summed E-state index contributed by atoms with van der Waals surface area (Å²) in [5.41, 5.74) is 6.17. The molecule has 1 aromatic rings. The van der Waals surface area contributed by atoms with Gasteiger partial charge in [0.1, 0.15) is 5.54 Å². The lowest BCUT2D eigenvalue weighted by Crippen LogP contribution is -2.57. The van der Waals surface area contributed by atoms with Crippen molar-refractivity contribution in [1.29, 1.82) is 0 Å². The predicted octanol–water partition coefficient (Wildman–Crippen LogP) is 0.552. The van der Waals surface area contributed by atoms with Crippen LogP contribution >= 0.6 is 0 Å². The van der Waals surface area contributed by atoms with Gasteiger partial charge in [0.25, 0.3) is 0 Å². The van der Waals surface area contributed by atoms with Gasteiger partial charge in [0, 0.05) is 38.3 Å². The molecule has 1 aromatic heterocycles. The van der Waals surface area contributed by atoms with E-state index in [0.717, 1.165) is 5.69 Å². The summed E-state index contributed by atoms with van der Waals surface area (Å²) in [6, 6.07) is 3.58. The highest BCUT2D eigenvalue weighted by molar-refractivity contribution is 5.99. The Morgan fingerprint density at radius 3 is 2.59 bits per heavy atom. The molecule has 2 N–H and O–H groups in total. The van der Waals surface area contributed by atoms with Gasteiger partial charge in [-0.05, 0) is 25.0 Å². The normalized spacial score (nSPS) is 18.7. The van der Waals surface area contributed by atoms with E-state index < -0.39 is 5.54 Å². The predicted molar refractivity (Wildman–Crippen MR) is 64.6 cm³/mol. The number of pyridine rings is 1. The Labute approximate surface area is 101 Å². The van der Waals surface area contributed by atoms with Crippen molar-refractivity contribution in [2.45, 2.75) is 18.4 Å². The molecule has 5 nitrogen and oxygen atoms in total. The first-order valence-corrected chi connectivity index (χ1v) is 5.68. The molecule has 92 valence electrons. The average molecular weight is 235 g/mol. The van der Waals surface area contributed by atoms with Crippen LogP contribution in [0.4, 0.5) is 5.69 Å². The van der Waals surface area contributed by atoms with E-state index in [0.29, 0.717) is 26.1 Å². The Balaban J connectivity index is 2.14. The lowest BCUT2D eigenvalue weighted by Gasteiger charge is -2.35. The number of likely N-dealkylation sites (N-methyl/N-ethyl adjacent to an activating group) is 1. The van der Waals surface area contributed by atoms with Gasteiger partial charge in [-0.2, -0.15) is 0 Å². The van der Waals surface area contributed by atoms with E-state index in [-0.39, 0.29) is 5.91 Å². The van der Waals surface area contributed by atoms with Gasteiger partial charge < -0.3 is 15.4 Å². The van der Waals surface area contributed by atoms with Crippen LogP contribution < -0.4 is 10.6 Å². The second kappa shape index (κ2) is 4.81. The molecule has 0 aromatic carbocycles. The molecular weight excluding hydrogens is 218 g/mol. The molecule has 1 amide bonds. The Hall–Kier alpha value is -1.46. The lowest BCUT2D eigenvalue weighted by atomic mass is 9.89. The van der Waals surface area contributed by atoms with E-state index in [1.54, 1.807) is 36.5 Å². The maximum atomic E-state index is 12.3. The van der Waals surface area contributed by atoms with Gasteiger partial charge >= 0.3 is 0 Å². The second-order valence-electron chi connectivity index (χ2n) is 4.34. The third-order valence-corrected chi connectivity index (χ3v) is 3.17. The first-order chi connectivity index (χ1) is 8.13. The number of nitrogens with two attached hydrogens (primary N) is 1. The molecule has 2 heterocycles. The van der Waals surface area contributed by atoms with Crippen LogP contribution in [0.25, 0.3) is 0 Å². The highest BCUT2D eigenvalue weighted by Crippen LogP contribution is 2.22. The molecule has 0 saturated carbocycles. The van der Waals surface area contributed by atoms with Crippen LogP contribution in [0.2, 0.25) is 0 Å². The van der Waals surface area contributed by atoms with Gasteiger partial charge in [0.15, 0.2) is 0 Å². The van der Waals surface area contributed by atoms with Crippen molar-refractivity contribution in [3.05, 3.63) is 24.5 Å². The highest BCUT2D eigenvalue weighted by atomic mass is 16.5. The molecule has 2 rings (SSSR count). The molecule has 1 saturated heterocycles. The molecular formula is C12H17N3O2. The zero-order chi connectivity index (χ0) is 12.3. The third-order valence-electron chi connectivity index (χ3n) is 3.17. The molecule has 5 heteroatoms. The van der Waals surface area contributed by atoms with Gasteiger partial charge in [0.05, 0.1) is 0 Å². The number of aromatic nitrogens is 1. The third kappa shape index (κ3) is 2.45. The molecule has 0 radical (unpaired) electrons. The van der Waals surface area contributed by atoms with Crippen LogP contribution in [-0.4, -0.2) is 36.7 Å². The minimum absolute atomic E-state index is 0.0630. The van der Waals surface area contributed by atoms with Crippen molar-refractivity contribution in [2.24, 2.45) is 5.73 Å². The fourth-order valence-corrected chi connectivity index (χ4v) is 1.97. The summed E-state index contributed by atoms with van der Waals surface area (Å²) in [6.45, 7) is 1.10. The van der Waals surface area contributed by atoms with Crippen molar-refractivity contribution in [3.63, 3.8) is 0 Å². The molecule has 1 aliphatic heterocycles. The van der Waals surface area contributed by atoms with Gasteiger partial charge in [-0.1, -0.05) is 0 Å². The molecule has 1 fully saturated rings. The zero-order valence-corrected chi connectivity index (χ0v) is 9.93. The Morgan fingerprint density at radius 1 is 1.41 bits per heavy atom. The van der Waals surface area contributed by atoms with E-state index >= 15 is 0 Å². The number of ether oxygens (including phenoxy) is 1. The summed E-state index contributed by atoms with van der Waals surface area (Å²) in [5.74, 6) is -0.0630. The highest BCUT2D eigenvalue weighted by Gasteiger charge is 2.38. The smallest absolute Gasteiger partial charge is 0.246 e. The quantitative estimate of drug-likeness (QED) is 0.813. The van der Waals surface area contributed by atoms with Crippen LogP contribution in [-0.2, 0) is 9.53 Å². The number of carbonyl (C=O) groups is 1. The number of hydrogen-bond acceptors (Lipinski definition) is 4. The van der Waals surface area contributed by atoms with E-state index in [2.05, 4.69) is 4.98 Å². The van der Waals surface area contributed by atoms with Gasteiger partial charge in [-0.25, -0.2) is 0 Å². The van der Waals surface area contributed by atoms with Crippen molar-refractivity contribution in [1.82, 2.24) is 4.98 Å². The number of carbonyl (C=O) groups excluding carboxylic acids is 1. The second-order valence-corrected chi connectivity index (χ2v) is 4.34. The topological polar surface area (TPSA) is 68.5 Å². The van der Waals surface area contributed by atoms with Crippen molar-refractivity contribution >= 4 is 11.6 Å². The van der Waals surface area contributed by atoms with Gasteiger partial charge in [0.2, 0.25) is 5.91 Å². The fourth-order valence-electron chi connectivity index (χ4n) is 1.97. The minimum atomic E-state index is -0.795. The lowest BCUT2D eigenvalue weighted by molar-refractivity contribution is -0.126. The van der Waals surface area contributed by atoms with Crippen LogP contribution in [0.3, 0.4) is 0 Å². The monoisotopic (exact) mass is 235 g/mol. The van der Waals surface area contributed by atoms with E-state index in [9.17, 15) is 4.79 Å². The number of amides is 1. The van der Waals surface area contributed by atoms with Gasteiger partial charge in [-0.3, -0.25) is 9.78 Å². The van der Waals surface area contributed by atoms with E-state index in [4.69, 9.17) is 10.5 Å². The molecule has 0 spiro atoms. The maximum absolute atomic E-state index is 12.3. The van der Waals surface area contributed by atoms with Crippen LogP contribution in [0.1, 0.15) is 12.8 Å². The van der Waals surface area contributed by atoms with Crippen molar-refractivity contribution in [3.8, 4) is 0 Å². The average Bonchev–Trinajstić information content (AvgIpc) is 2.39. The van der Waals surface area contributed by atoms with Crippen LogP contribution in [0.5, 0.6) is 0 Å². The first-order valence-electron chi connectivity index (χ1n) is 5.68. The summed E-state index contributed by atoms with van der Waals surface area (Å²) in [4.78, 5) is 17.9. The van der Waals surface area contributed by atoms with Crippen molar-refractivity contribution < 1.29 is 9.53 Å². The summed E-state index contributed by atoms with van der Waals surface area (Å²) in [6.07, 6.45) is 4.46. The Morgan fingerprint density at radius 2 is 2.00 bits per heavy atom. The maximum Gasteiger partial charge on any atom is 0.246 e. The summed E-state index contributed by atoms with van der Waals surface area (Å²) < 4.78 is 5.24. The summed E-state index contributed by atoms with van der Waals surface area (Å²) in [7, 11) is 1.74. The van der Waals surface area contributed by atoms with Crippen LogP contribution in [0.15, 0.2) is 24.5 Å². The minimum Gasteiger partial charge on any atom is -0.381 e. The molecule has 17 heavy (non-hydrogen) atoms. The summed E-state index contributed by atoms with van der Waals surface area (Å²) >= 11 is 0. The van der Waals surface area contributed by atoms with E-state index in [1.807, 2.05) is 0 Å². The first kappa shape index (κ1) is 12.0. The Bertz CT molecular complexity index is 388. The number of hydrogen-bond donors (Lipinski definition) is 1.